The van der Waals surface area contributed by atoms with E-state index in [1.807, 2.05) is 30.0 Å². The number of H-pyrrole nitrogens is 1. The van der Waals surface area contributed by atoms with Gasteiger partial charge in [0.1, 0.15) is 12.1 Å². The van der Waals surface area contributed by atoms with Crippen LogP contribution in [0.4, 0.5) is 0 Å². The van der Waals surface area contributed by atoms with Crippen LogP contribution in [0.2, 0.25) is 0 Å². The van der Waals surface area contributed by atoms with Crippen molar-refractivity contribution >= 4 is 27.7 Å². The Balaban J connectivity index is 1.68. The number of aromatic amines is 1. The monoisotopic (exact) mass is 338 g/mol. The summed E-state index contributed by atoms with van der Waals surface area (Å²) < 4.78 is 1.28. The minimum absolute atomic E-state index is 0.00314. The first kappa shape index (κ1) is 15.9. The van der Waals surface area contributed by atoms with E-state index >= 15 is 0 Å². The van der Waals surface area contributed by atoms with E-state index in [0.29, 0.717) is 5.52 Å². The topological polar surface area (TPSA) is 71.0 Å². The number of benzene rings is 1. The molecule has 0 bridgehead atoms. The van der Waals surface area contributed by atoms with Crippen molar-refractivity contribution in [3.05, 3.63) is 40.3 Å². The van der Waals surface area contributed by atoms with E-state index in [1.54, 1.807) is 6.20 Å². The van der Waals surface area contributed by atoms with E-state index in [1.165, 1.54) is 17.5 Å². The maximum atomic E-state index is 12.8. The lowest BCUT2D eigenvalue weighted by molar-refractivity contribution is -0.132. The van der Waals surface area contributed by atoms with Crippen LogP contribution in [0.3, 0.4) is 0 Å². The maximum absolute atomic E-state index is 12.8. The smallest absolute Gasteiger partial charge is 0.291 e. The van der Waals surface area contributed by atoms with Gasteiger partial charge in [0, 0.05) is 29.4 Å². The van der Waals surface area contributed by atoms with Crippen LogP contribution in [0.15, 0.2) is 29.2 Å². The van der Waals surface area contributed by atoms with Gasteiger partial charge in [0.05, 0.1) is 6.20 Å². The lowest BCUT2D eigenvalue weighted by Gasteiger charge is -2.20. The fourth-order valence-electron chi connectivity index (χ4n) is 3.60. The number of nitrogens with zero attached hydrogens (tertiary/aromatic N) is 3. The summed E-state index contributed by atoms with van der Waals surface area (Å²) in [6.45, 7) is 3.58. The highest BCUT2D eigenvalue weighted by atomic mass is 16.2. The molecular formula is C19H22N4O2. The van der Waals surface area contributed by atoms with Gasteiger partial charge in [0.25, 0.3) is 5.56 Å². The molecule has 1 saturated heterocycles. The fourth-order valence-corrected chi connectivity index (χ4v) is 3.60. The molecule has 1 fully saturated rings. The van der Waals surface area contributed by atoms with Crippen molar-refractivity contribution in [2.45, 2.75) is 39.2 Å². The highest BCUT2D eigenvalue weighted by molar-refractivity contribution is 6.06. The number of amides is 1. The van der Waals surface area contributed by atoms with Crippen molar-refractivity contribution in [3.8, 4) is 0 Å². The van der Waals surface area contributed by atoms with Gasteiger partial charge in [-0.3, -0.25) is 9.59 Å². The molecule has 1 aliphatic rings. The van der Waals surface area contributed by atoms with Crippen molar-refractivity contribution in [1.29, 1.82) is 0 Å². The number of aromatic nitrogens is 3. The van der Waals surface area contributed by atoms with Crippen LogP contribution in [0.5, 0.6) is 0 Å². The Morgan fingerprint density at radius 1 is 1.16 bits per heavy atom. The van der Waals surface area contributed by atoms with Gasteiger partial charge in [-0.15, -0.1) is 0 Å². The Morgan fingerprint density at radius 2 is 1.92 bits per heavy atom. The van der Waals surface area contributed by atoms with Gasteiger partial charge in [0.2, 0.25) is 5.91 Å². The first-order valence-corrected chi connectivity index (χ1v) is 8.89. The Kier molecular flexibility index (Phi) is 4.03. The molecule has 25 heavy (non-hydrogen) atoms. The zero-order valence-corrected chi connectivity index (χ0v) is 14.4. The van der Waals surface area contributed by atoms with E-state index in [9.17, 15) is 9.59 Å². The van der Waals surface area contributed by atoms with Gasteiger partial charge < -0.3 is 9.88 Å². The van der Waals surface area contributed by atoms with Crippen molar-refractivity contribution in [2.75, 3.05) is 13.1 Å². The number of rotatable bonds is 2. The van der Waals surface area contributed by atoms with Crippen LogP contribution in [0.25, 0.3) is 21.8 Å². The minimum Gasteiger partial charge on any atom is -0.350 e. The molecule has 2 aromatic heterocycles. The first-order chi connectivity index (χ1) is 12.1. The number of hydrogen-bond acceptors (Lipinski definition) is 3. The second-order valence-corrected chi connectivity index (χ2v) is 6.87. The van der Waals surface area contributed by atoms with Crippen molar-refractivity contribution < 1.29 is 4.79 Å². The number of aryl methyl sites for hydroxylation is 1. The number of likely N-dealkylation sites (tertiary alicyclic amines) is 1. The third-order valence-electron chi connectivity index (χ3n) is 5.01. The van der Waals surface area contributed by atoms with Crippen LogP contribution in [0.1, 0.15) is 31.2 Å². The molecule has 0 radical (unpaired) electrons. The van der Waals surface area contributed by atoms with Crippen LogP contribution in [0, 0.1) is 6.92 Å². The number of fused-ring (bicyclic) bond motifs is 3. The standard InChI is InChI=1S/C19H22N4O2/c1-13-6-7-16-14(10-13)15-11-20-23(19(25)18(15)21-16)12-17(24)22-8-4-2-3-5-9-22/h6-7,10-11,21H,2-5,8-9,12H2,1H3. The van der Waals surface area contributed by atoms with Crippen molar-refractivity contribution in [1.82, 2.24) is 19.7 Å². The number of hydrogen-bond donors (Lipinski definition) is 1. The van der Waals surface area contributed by atoms with Gasteiger partial charge in [-0.25, -0.2) is 4.68 Å². The number of carbonyl (C=O) groups excluding carboxylic acids is 1. The van der Waals surface area contributed by atoms with Gasteiger partial charge >= 0.3 is 0 Å². The molecule has 3 aromatic rings. The van der Waals surface area contributed by atoms with E-state index in [0.717, 1.165) is 47.8 Å². The molecule has 4 rings (SSSR count). The molecule has 1 aliphatic heterocycles. The molecule has 1 aromatic carbocycles. The summed E-state index contributed by atoms with van der Waals surface area (Å²) in [4.78, 5) is 30.3. The maximum Gasteiger partial charge on any atom is 0.291 e. The lowest BCUT2D eigenvalue weighted by atomic mass is 10.1. The lowest BCUT2D eigenvalue weighted by Crippen LogP contribution is -2.37. The third kappa shape index (κ3) is 2.92. The van der Waals surface area contributed by atoms with Crippen molar-refractivity contribution in [2.24, 2.45) is 0 Å². The summed E-state index contributed by atoms with van der Waals surface area (Å²) in [6, 6.07) is 6.02. The zero-order chi connectivity index (χ0) is 17.4. The highest BCUT2D eigenvalue weighted by Crippen LogP contribution is 2.23. The van der Waals surface area contributed by atoms with E-state index in [-0.39, 0.29) is 18.0 Å². The third-order valence-corrected chi connectivity index (χ3v) is 5.01. The Bertz CT molecular complexity index is 994. The van der Waals surface area contributed by atoms with Crippen LogP contribution in [-0.4, -0.2) is 38.7 Å². The van der Waals surface area contributed by atoms with Gasteiger partial charge in [-0.1, -0.05) is 24.5 Å². The molecule has 6 heteroatoms. The van der Waals surface area contributed by atoms with Crippen LogP contribution < -0.4 is 5.56 Å². The molecule has 0 saturated carbocycles. The molecule has 130 valence electrons. The first-order valence-electron chi connectivity index (χ1n) is 8.89. The Hall–Kier alpha value is -2.63. The largest absolute Gasteiger partial charge is 0.350 e. The average Bonchev–Trinajstić information content (AvgIpc) is 2.79. The second-order valence-electron chi connectivity index (χ2n) is 6.87. The molecule has 0 aliphatic carbocycles. The predicted molar refractivity (Wildman–Crippen MR) is 97.6 cm³/mol. The minimum atomic E-state index is -0.241. The van der Waals surface area contributed by atoms with Gasteiger partial charge in [-0.05, 0) is 31.9 Å². The number of carbonyl (C=O) groups is 1. The normalized spacial score (nSPS) is 15.6. The van der Waals surface area contributed by atoms with Crippen molar-refractivity contribution in [3.63, 3.8) is 0 Å². The Morgan fingerprint density at radius 3 is 2.68 bits per heavy atom. The van der Waals surface area contributed by atoms with Crippen LogP contribution >= 0.6 is 0 Å². The molecule has 1 N–H and O–H groups in total. The molecule has 0 atom stereocenters. The summed E-state index contributed by atoms with van der Waals surface area (Å²) in [6.07, 6.45) is 6.10. The number of nitrogens with one attached hydrogen (secondary N) is 1. The van der Waals surface area contributed by atoms with Gasteiger partial charge in [0.15, 0.2) is 0 Å². The second kappa shape index (κ2) is 6.35. The highest BCUT2D eigenvalue weighted by Gasteiger charge is 2.18. The average molecular weight is 338 g/mol. The SMILES string of the molecule is Cc1ccc2[nH]c3c(=O)n(CC(=O)N4CCCCCC4)ncc3c2c1. The molecule has 0 unspecified atom stereocenters. The molecule has 6 nitrogen and oxygen atoms in total. The van der Waals surface area contributed by atoms with E-state index in [2.05, 4.69) is 10.1 Å². The predicted octanol–water partition coefficient (Wildman–Crippen LogP) is 2.59. The fraction of sp³-hybridized carbons (Fsp3) is 0.421. The molecule has 3 heterocycles. The Labute approximate surface area is 145 Å². The van der Waals surface area contributed by atoms with Gasteiger partial charge in [-0.2, -0.15) is 5.10 Å². The summed E-state index contributed by atoms with van der Waals surface area (Å²) in [5.41, 5.74) is 2.32. The zero-order valence-electron chi connectivity index (χ0n) is 14.4. The molecule has 0 spiro atoms. The molecular weight excluding hydrogens is 316 g/mol. The van der Waals surface area contributed by atoms with Crippen LogP contribution in [-0.2, 0) is 11.3 Å². The summed E-state index contributed by atoms with van der Waals surface area (Å²) in [5.74, 6) is -0.0252. The summed E-state index contributed by atoms with van der Waals surface area (Å²) in [5, 5.41) is 6.05. The quantitative estimate of drug-likeness (QED) is 0.781. The summed E-state index contributed by atoms with van der Waals surface area (Å²) in [7, 11) is 0. The molecule has 1 amide bonds. The van der Waals surface area contributed by atoms with E-state index in [4.69, 9.17) is 0 Å². The summed E-state index contributed by atoms with van der Waals surface area (Å²) >= 11 is 0. The van der Waals surface area contributed by atoms with E-state index < -0.39 is 0 Å².